The second kappa shape index (κ2) is 5.25. The van der Waals surface area contributed by atoms with E-state index in [2.05, 4.69) is 0 Å². The van der Waals surface area contributed by atoms with Gasteiger partial charge in [0, 0.05) is 12.0 Å². The summed E-state index contributed by atoms with van der Waals surface area (Å²) in [7, 11) is 0. The summed E-state index contributed by atoms with van der Waals surface area (Å²) >= 11 is 0. The van der Waals surface area contributed by atoms with Crippen LogP contribution in [-0.4, -0.2) is 11.6 Å². The summed E-state index contributed by atoms with van der Waals surface area (Å²) in [4.78, 5) is 22.3. The van der Waals surface area contributed by atoms with Crippen LogP contribution in [-0.2, 0) is 11.2 Å². The predicted molar refractivity (Wildman–Crippen MR) is 60.0 cm³/mol. The Bertz CT molecular complexity index is 386. The van der Waals surface area contributed by atoms with E-state index in [0.29, 0.717) is 12.0 Å². The van der Waals surface area contributed by atoms with Crippen LogP contribution in [0.5, 0.6) is 0 Å². The number of carbonyl (C=O) groups is 2. The van der Waals surface area contributed by atoms with E-state index in [4.69, 9.17) is 0 Å². The molecule has 0 atom stereocenters. The summed E-state index contributed by atoms with van der Waals surface area (Å²) < 4.78 is 0. The second-order valence-electron chi connectivity index (χ2n) is 3.40. The first-order chi connectivity index (χ1) is 7.13. The Balaban J connectivity index is 2.72. The molecular formula is C13H14O2. The Labute approximate surface area is 89.6 Å². The third-order valence-corrected chi connectivity index (χ3v) is 2.09. The van der Waals surface area contributed by atoms with Crippen molar-refractivity contribution in [3.63, 3.8) is 0 Å². The molecule has 0 unspecified atom stereocenters. The topological polar surface area (TPSA) is 34.1 Å². The number of allylic oxidation sites excluding steroid dienone is 2. The minimum absolute atomic E-state index is 0.0429. The van der Waals surface area contributed by atoms with Gasteiger partial charge in [-0.1, -0.05) is 30.3 Å². The number of rotatable bonds is 4. The minimum atomic E-state index is 0.0429. The zero-order valence-corrected chi connectivity index (χ0v) is 8.99. The zero-order valence-electron chi connectivity index (χ0n) is 8.99. The van der Waals surface area contributed by atoms with Crippen molar-refractivity contribution < 1.29 is 9.59 Å². The van der Waals surface area contributed by atoms with E-state index in [0.717, 1.165) is 5.56 Å². The number of Topliss-reactive ketones (excluding diaryl/α,β-unsaturated/α-hetero) is 1. The van der Waals surface area contributed by atoms with Gasteiger partial charge >= 0.3 is 0 Å². The zero-order chi connectivity index (χ0) is 11.3. The van der Waals surface area contributed by atoms with Crippen LogP contribution in [0.3, 0.4) is 0 Å². The summed E-state index contributed by atoms with van der Waals surface area (Å²) in [5, 5.41) is 0. The SMILES string of the molecule is C/C=C/C(=O)Cc1ccc(C(C)=O)cc1. The maximum atomic E-state index is 11.3. The second-order valence-corrected chi connectivity index (χ2v) is 3.40. The third kappa shape index (κ3) is 3.50. The van der Waals surface area contributed by atoms with Crippen LogP contribution in [0, 0.1) is 0 Å². The molecule has 0 aromatic heterocycles. The first kappa shape index (κ1) is 11.4. The van der Waals surface area contributed by atoms with Crippen molar-refractivity contribution in [2.75, 3.05) is 0 Å². The van der Waals surface area contributed by atoms with E-state index >= 15 is 0 Å². The van der Waals surface area contributed by atoms with Gasteiger partial charge in [0.15, 0.2) is 11.6 Å². The Morgan fingerprint density at radius 3 is 2.27 bits per heavy atom. The highest BCUT2D eigenvalue weighted by atomic mass is 16.1. The highest BCUT2D eigenvalue weighted by molar-refractivity contribution is 5.94. The molecule has 78 valence electrons. The maximum Gasteiger partial charge on any atom is 0.159 e. The van der Waals surface area contributed by atoms with Gasteiger partial charge in [-0.15, -0.1) is 0 Å². The fourth-order valence-electron chi connectivity index (χ4n) is 1.30. The standard InChI is InChI=1S/C13H14O2/c1-3-4-13(15)9-11-5-7-12(8-6-11)10(2)14/h3-8H,9H2,1-2H3/b4-3+. The van der Waals surface area contributed by atoms with Crippen molar-refractivity contribution in [3.8, 4) is 0 Å². The van der Waals surface area contributed by atoms with Crippen molar-refractivity contribution in [2.45, 2.75) is 20.3 Å². The summed E-state index contributed by atoms with van der Waals surface area (Å²) in [5.41, 5.74) is 1.61. The molecule has 0 N–H and O–H groups in total. The summed E-state index contributed by atoms with van der Waals surface area (Å²) in [5.74, 6) is 0.120. The van der Waals surface area contributed by atoms with Crippen molar-refractivity contribution in [3.05, 3.63) is 47.5 Å². The molecule has 1 aromatic rings. The van der Waals surface area contributed by atoms with Gasteiger partial charge in [0.05, 0.1) is 0 Å². The molecule has 0 saturated carbocycles. The molecule has 2 nitrogen and oxygen atoms in total. The molecule has 1 aromatic carbocycles. The number of benzene rings is 1. The van der Waals surface area contributed by atoms with Gasteiger partial charge in [-0.05, 0) is 25.5 Å². The highest BCUT2D eigenvalue weighted by Gasteiger charge is 2.01. The lowest BCUT2D eigenvalue weighted by molar-refractivity contribution is -0.114. The first-order valence-electron chi connectivity index (χ1n) is 4.89. The molecule has 1 rings (SSSR count). The summed E-state index contributed by atoms with van der Waals surface area (Å²) in [6.45, 7) is 3.34. The maximum absolute atomic E-state index is 11.3. The normalized spacial score (nSPS) is 10.5. The highest BCUT2D eigenvalue weighted by Crippen LogP contribution is 2.06. The van der Waals surface area contributed by atoms with E-state index in [-0.39, 0.29) is 11.6 Å². The average molecular weight is 202 g/mol. The monoisotopic (exact) mass is 202 g/mol. The molecule has 2 heteroatoms. The predicted octanol–water partition coefficient (Wildman–Crippen LogP) is 2.58. The van der Waals surface area contributed by atoms with Crippen molar-refractivity contribution in [1.29, 1.82) is 0 Å². The lowest BCUT2D eigenvalue weighted by Crippen LogP contribution is -1.99. The Hall–Kier alpha value is -1.70. The van der Waals surface area contributed by atoms with Gasteiger partial charge < -0.3 is 0 Å². The number of ketones is 2. The lowest BCUT2D eigenvalue weighted by atomic mass is 10.0. The van der Waals surface area contributed by atoms with Gasteiger partial charge in [0.25, 0.3) is 0 Å². The van der Waals surface area contributed by atoms with E-state index in [9.17, 15) is 9.59 Å². The summed E-state index contributed by atoms with van der Waals surface area (Å²) in [6, 6.07) is 7.14. The van der Waals surface area contributed by atoms with Gasteiger partial charge in [-0.3, -0.25) is 9.59 Å². The van der Waals surface area contributed by atoms with E-state index in [1.54, 1.807) is 24.3 Å². The smallest absolute Gasteiger partial charge is 0.159 e. The molecule has 0 heterocycles. The van der Waals surface area contributed by atoms with Crippen molar-refractivity contribution in [2.24, 2.45) is 0 Å². The van der Waals surface area contributed by atoms with Gasteiger partial charge in [0.1, 0.15) is 0 Å². The van der Waals surface area contributed by atoms with Crippen LogP contribution in [0.1, 0.15) is 29.8 Å². The molecule has 0 aliphatic rings. The third-order valence-electron chi connectivity index (χ3n) is 2.09. The molecule has 0 bridgehead atoms. The van der Waals surface area contributed by atoms with E-state index in [1.807, 2.05) is 19.1 Å². The van der Waals surface area contributed by atoms with Crippen LogP contribution in [0.4, 0.5) is 0 Å². The number of hydrogen-bond acceptors (Lipinski definition) is 2. The first-order valence-corrected chi connectivity index (χ1v) is 4.89. The number of hydrogen-bond donors (Lipinski definition) is 0. The molecule has 0 amide bonds. The van der Waals surface area contributed by atoms with Gasteiger partial charge in [-0.2, -0.15) is 0 Å². The Kier molecular flexibility index (Phi) is 3.98. The fourth-order valence-corrected chi connectivity index (χ4v) is 1.30. The van der Waals surface area contributed by atoms with Crippen molar-refractivity contribution in [1.82, 2.24) is 0 Å². The fraction of sp³-hybridized carbons (Fsp3) is 0.231. The molecule has 0 aliphatic heterocycles. The molecule has 0 fully saturated rings. The summed E-state index contributed by atoms with van der Waals surface area (Å²) in [6.07, 6.45) is 3.67. The van der Waals surface area contributed by atoms with Crippen LogP contribution in [0.25, 0.3) is 0 Å². The van der Waals surface area contributed by atoms with Crippen LogP contribution in [0.15, 0.2) is 36.4 Å². The molecule has 0 spiro atoms. The molecule has 0 saturated heterocycles. The molecular weight excluding hydrogens is 188 g/mol. The van der Waals surface area contributed by atoms with Crippen LogP contribution < -0.4 is 0 Å². The minimum Gasteiger partial charge on any atom is -0.295 e. The van der Waals surface area contributed by atoms with Crippen molar-refractivity contribution >= 4 is 11.6 Å². The quantitative estimate of drug-likeness (QED) is 0.555. The van der Waals surface area contributed by atoms with Crippen LogP contribution in [0.2, 0.25) is 0 Å². The average Bonchev–Trinajstić information content (AvgIpc) is 2.18. The largest absolute Gasteiger partial charge is 0.295 e. The Morgan fingerprint density at radius 1 is 1.20 bits per heavy atom. The Morgan fingerprint density at radius 2 is 1.80 bits per heavy atom. The van der Waals surface area contributed by atoms with Crippen LogP contribution >= 0.6 is 0 Å². The van der Waals surface area contributed by atoms with E-state index in [1.165, 1.54) is 6.92 Å². The number of carbonyl (C=O) groups excluding carboxylic acids is 2. The molecule has 0 radical (unpaired) electrons. The van der Waals surface area contributed by atoms with Gasteiger partial charge in [0.2, 0.25) is 0 Å². The van der Waals surface area contributed by atoms with Gasteiger partial charge in [-0.25, -0.2) is 0 Å². The molecule has 15 heavy (non-hydrogen) atoms. The van der Waals surface area contributed by atoms with E-state index < -0.39 is 0 Å². The lowest BCUT2D eigenvalue weighted by Gasteiger charge is -1.99. The molecule has 0 aliphatic carbocycles.